The van der Waals surface area contributed by atoms with E-state index in [9.17, 15) is 9.59 Å². The highest BCUT2D eigenvalue weighted by atomic mass is 16.5. The molecule has 2 atom stereocenters. The second-order valence-electron chi connectivity index (χ2n) is 6.59. The summed E-state index contributed by atoms with van der Waals surface area (Å²) in [4.78, 5) is 26.2. The predicted molar refractivity (Wildman–Crippen MR) is 111 cm³/mol. The van der Waals surface area contributed by atoms with E-state index in [1.807, 2.05) is 66.7 Å². The predicted octanol–water partition coefficient (Wildman–Crippen LogP) is 5.01. The number of hydrogen-bond donors (Lipinski definition) is 0. The van der Waals surface area contributed by atoms with E-state index < -0.39 is 18.0 Å². The van der Waals surface area contributed by atoms with Crippen LogP contribution in [0.15, 0.2) is 91.0 Å². The normalized spacial score (nSPS) is 12.7. The Morgan fingerprint density at radius 2 is 1.34 bits per heavy atom. The molecule has 0 saturated carbocycles. The lowest BCUT2D eigenvalue weighted by Gasteiger charge is -2.25. The number of benzene rings is 3. The average molecular weight is 388 g/mol. The van der Waals surface area contributed by atoms with Crippen molar-refractivity contribution in [1.82, 2.24) is 0 Å². The molecule has 4 nitrogen and oxygen atoms in total. The number of rotatable bonds is 9. The Hall–Kier alpha value is -3.24. The quantitative estimate of drug-likeness (QED) is 0.294. The van der Waals surface area contributed by atoms with Gasteiger partial charge in [-0.2, -0.15) is 0 Å². The monoisotopic (exact) mass is 388 g/mol. The smallest absolute Gasteiger partial charge is 0.319 e. The van der Waals surface area contributed by atoms with E-state index in [0.29, 0.717) is 5.56 Å². The molecule has 0 heterocycles. The molecule has 0 amide bonds. The van der Waals surface area contributed by atoms with E-state index in [1.165, 1.54) is 0 Å². The van der Waals surface area contributed by atoms with Gasteiger partial charge in [-0.3, -0.25) is 9.59 Å². The van der Waals surface area contributed by atoms with Crippen LogP contribution >= 0.6 is 0 Å². The van der Waals surface area contributed by atoms with Crippen LogP contribution in [0.2, 0.25) is 0 Å². The number of carbonyl (C=O) groups is 2. The SMILES string of the molecule is CCOC(=O)C(C(=O)c1ccccc1)C(OCc1ccccc1)c1ccccc1. The van der Waals surface area contributed by atoms with Crippen molar-refractivity contribution in [3.8, 4) is 0 Å². The van der Waals surface area contributed by atoms with Crippen molar-refractivity contribution < 1.29 is 19.1 Å². The van der Waals surface area contributed by atoms with Crippen LogP contribution < -0.4 is 0 Å². The number of esters is 1. The van der Waals surface area contributed by atoms with Crippen LogP contribution in [0.5, 0.6) is 0 Å². The molecule has 3 rings (SSSR count). The highest BCUT2D eigenvalue weighted by Gasteiger charge is 2.38. The van der Waals surface area contributed by atoms with Crippen LogP contribution in [-0.2, 0) is 20.9 Å². The molecule has 29 heavy (non-hydrogen) atoms. The van der Waals surface area contributed by atoms with Crippen LogP contribution in [0.4, 0.5) is 0 Å². The van der Waals surface area contributed by atoms with Crippen molar-refractivity contribution in [2.45, 2.75) is 19.6 Å². The standard InChI is InChI=1S/C25H24O4/c1-2-28-25(27)22(23(26)20-14-8-4-9-15-20)24(21-16-10-5-11-17-21)29-18-19-12-6-3-7-13-19/h3-17,22,24H,2,18H2,1H3. The molecule has 0 fully saturated rings. The maximum atomic E-state index is 13.3. The molecule has 0 saturated heterocycles. The first kappa shape index (κ1) is 20.5. The summed E-state index contributed by atoms with van der Waals surface area (Å²) in [5, 5.41) is 0. The molecule has 148 valence electrons. The largest absolute Gasteiger partial charge is 0.465 e. The van der Waals surface area contributed by atoms with Crippen molar-refractivity contribution >= 4 is 11.8 Å². The Kier molecular flexibility index (Phi) is 7.31. The number of ether oxygens (including phenoxy) is 2. The van der Waals surface area contributed by atoms with Gasteiger partial charge in [0, 0.05) is 5.56 Å². The maximum absolute atomic E-state index is 13.3. The van der Waals surface area contributed by atoms with Gasteiger partial charge in [0.25, 0.3) is 0 Å². The van der Waals surface area contributed by atoms with Crippen molar-refractivity contribution in [2.24, 2.45) is 5.92 Å². The number of Topliss-reactive ketones (excluding diaryl/α,β-unsaturated/α-hetero) is 1. The Bertz CT molecular complexity index is 907. The Morgan fingerprint density at radius 3 is 1.93 bits per heavy atom. The molecule has 0 bridgehead atoms. The molecule has 0 aliphatic heterocycles. The van der Waals surface area contributed by atoms with Crippen LogP contribution in [0.3, 0.4) is 0 Å². The third kappa shape index (κ3) is 5.39. The lowest BCUT2D eigenvalue weighted by Crippen LogP contribution is -2.33. The first-order valence-corrected chi connectivity index (χ1v) is 9.67. The third-order valence-electron chi connectivity index (χ3n) is 4.58. The Labute approximate surface area is 171 Å². The van der Waals surface area contributed by atoms with Crippen LogP contribution in [-0.4, -0.2) is 18.4 Å². The molecular formula is C25H24O4. The maximum Gasteiger partial charge on any atom is 0.319 e. The molecule has 4 heteroatoms. The molecule has 2 unspecified atom stereocenters. The topological polar surface area (TPSA) is 52.6 Å². The summed E-state index contributed by atoms with van der Waals surface area (Å²) >= 11 is 0. The number of ketones is 1. The first-order valence-electron chi connectivity index (χ1n) is 9.67. The van der Waals surface area contributed by atoms with Crippen molar-refractivity contribution in [2.75, 3.05) is 6.61 Å². The van der Waals surface area contributed by atoms with Crippen LogP contribution in [0.1, 0.15) is 34.5 Å². The molecule has 0 radical (unpaired) electrons. The molecule has 0 aliphatic carbocycles. The lowest BCUT2D eigenvalue weighted by atomic mass is 9.88. The van der Waals surface area contributed by atoms with Gasteiger partial charge in [-0.25, -0.2) is 0 Å². The molecule has 3 aromatic rings. The van der Waals surface area contributed by atoms with Gasteiger partial charge in [-0.1, -0.05) is 91.0 Å². The van der Waals surface area contributed by atoms with Crippen molar-refractivity contribution in [3.05, 3.63) is 108 Å². The zero-order valence-corrected chi connectivity index (χ0v) is 16.4. The summed E-state index contributed by atoms with van der Waals surface area (Å²) in [6, 6.07) is 27.8. The van der Waals surface area contributed by atoms with E-state index in [2.05, 4.69) is 0 Å². The molecule has 0 aliphatic rings. The van der Waals surface area contributed by atoms with Gasteiger partial charge in [-0.05, 0) is 18.1 Å². The second kappa shape index (κ2) is 10.3. The van der Waals surface area contributed by atoms with E-state index in [-0.39, 0.29) is 19.0 Å². The fourth-order valence-corrected chi connectivity index (χ4v) is 3.17. The van der Waals surface area contributed by atoms with Gasteiger partial charge in [-0.15, -0.1) is 0 Å². The summed E-state index contributed by atoms with van der Waals surface area (Å²) in [6.07, 6.45) is -0.761. The Morgan fingerprint density at radius 1 is 0.793 bits per heavy atom. The minimum atomic E-state index is -1.09. The highest BCUT2D eigenvalue weighted by molar-refractivity contribution is 6.09. The van der Waals surface area contributed by atoms with Gasteiger partial charge >= 0.3 is 5.97 Å². The van der Waals surface area contributed by atoms with Gasteiger partial charge in [0.15, 0.2) is 11.7 Å². The molecule has 3 aromatic carbocycles. The molecule has 0 spiro atoms. The van der Waals surface area contributed by atoms with Gasteiger partial charge < -0.3 is 9.47 Å². The summed E-state index contributed by atoms with van der Waals surface area (Å²) in [5.74, 6) is -1.99. The van der Waals surface area contributed by atoms with Crippen molar-refractivity contribution in [3.63, 3.8) is 0 Å². The minimum Gasteiger partial charge on any atom is -0.465 e. The van der Waals surface area contributed by atoms with E-state index >= 15 is 0 Å². The third-order valence-corrected chi connectivity index (χ3v) is 4.58. The fourth-order valence-electron chi connectivity index (χ4n) is 3.17. The van der Waals surface area contributed by atoms with E-state index in [4.69, 9.17) is 9.47 Å². The average Bonchev–Trinajstić information content (AvgIpc) is 2.78. The first-order chi connectivity index (χ1) is 14.2. The van der Waals surface area contributed by atoms with E-state index in [1.54, 1.807) is 31.2 Å². The summed E-state index contributed by atoms with van der Waals surface area (Å²) in [6.45, 7) is 2.19. The summed E-state index contributed by atoms with van der Waals surface area (Å²) in [7, 11) is 0. The summed E-state index contributed by atoms with van der Waals surface area (Å²) in [5.41, 5.74) is 2.17. The van der Waals surface area contributed by atoms with Gasteiger partial charge in [0.05, 0.1) is 13.2 Å². The zero-order chi connectivity index (χ0) is 20.5. The molecule has 0 aromatic heterocycles. The van der Waals surface area contributed by atoms with Crippen LogP contribution in [0, 0.1) is 5.92 Å². The number of carbonyl (C=O) groups excluding carboxylic acids is 2. The van der Waals surface area contributed by atoms with Crippen molar-refractivity contribution in [1.29, 1.82) is 0 Å². The minimum absolute atomic E-state index is 0.192. The number of hydrogen-bond acceptors (Lipinski definition) is 4. The second-order valence-corrected chi connectivity index (χ2v) is 6.59. The van der Waals surface area contributed by atoms with Crippen LogP contribution in [0.25, 0.3) is 0 Å². The van der Waals surface area contributed by atoms with Gasteiger partial charge in [0.1, 0.15) is 6.10 Å². The highest BCUT2D eigenvalue weighted by Crippen LogP contribution is 2.31. The zero-order valence-electron chi connectivity index (χ0n) is 16.4. The Balaban J connectivity index is 1.97. The summed E-state index contributed by atoms with van der Waals surface area (Å²) < 4.78 is 11.4. The fraction of sp³-hybridized carbons (Fsp3) is 0.200. The lowest BCUT2D eigenvalue weighted by molar-refractivity contribution is -0.151. The molecular weight excluding hydrogens is 364 g/mol. The van der Waals surface area contributed by atoms with Gasteiger partial charge in [0.2, 0.25) is 0 Å². The molecule has 0 N–H and O–H groups in total. The van der Waals surface area contributed by atoms with E-state index in [0.717, 1.165) is 11.1 Å².